The first-order valence-electron chi connectivity index (χ1n) is 7.05. The van der Waals surface area contributed by atoms with Gasteiger partial charge in [0, 0.05) is 5.02 Å². The van der Waals surface area contributed by atoms with Gasteiger partial charge in [0.15, 0.2) is 6.61 Å². The molecule has 0 radical (unpaired) electrons. The van der Waals surface area contributed by atoms with Crippen LogP contribution in [0.2, 0.25) is 5.02 Å². The van der Waals surface area contributed by atoms with E-state index in [1.807, 2.05) is 39.8 Å². The Morgan fingerprint density at radius 1 is 1.05 bits per heavy atom. The number of benzene rings is 2. The summed E-state index contributed by atoms with van der Waals surface area (Å²) in [7, 11) is 0. The first kappa shape index (κ1) is 16.4. The molecule has 2 aromatic rings. The second kappa shape index (κ2) is 6.84. The van der Waals surface area contributed by atoms with E-state index in [-0.39, 0.29) is 6.61 Å². The molecule has 2 rings (SSSR count). The summed E-state index contributed by atoms with van der Waals surface area (Å²) in [5.41, 5.74) is 3.86. The lowest BCUT2D eigenvalue weighted by Gasteiger charge is -2.11. The van der Waals surface area contributed by atoms with Crippen molar-refractivity contribution in [3.8, 4) is 11.5 Å². The molecule has 0 atom stereocenters. The molecule has 0 heterocycles. The Balaban J connectivity index is 2.00. The SMILES string of the molecule is Cc1cccc(OC(=O)COc2cc(C)c(Cl)c(C)c2)c1C. The van der Waals surface area contributed by atoms with Gasteiger partial charge < -0.3 is 9.47 Å². The van der Waals surface area contributed by atoms with Gasteiger partial charge in [-0.3, -0.25) is 0 Å². The summed E-state index contributed by atoms with van der Waals surface area (Å²) in [5.74, 6) is 0.744. The largest absolute Gasteiger partial charge is 0.482 e. The van der Waals surface area contributed by atoms with E-state index in [4.69, 9.17) is 21.1 Å². The molecule has 3 nitrogen and oxygen atoms in total. The van der Waals surface area contributed by atoms with Crippen LogP contribution in [-0.2, 0) is 4.79 Å². The third-order valence-corrected chi connectivity index (χ3v) is 4.14. The Morgan fingerprint density at radius 2 is 1.68 bits per heavy atom. The van der Waals surface area contributed by atoms with Crippen LogP contribution in [-0.4, -0.2) is 12.6 Å². The number of hydrogen-bond acceptors (Lipinski definition) is 3. The zero-order valence-corrected chi connectivity index (χ0v) is 14.0. The molecule has 0 fully saturated rings. The first-order chi connectivity index (χ1) is 10.4. The Morgan fingerprint density at radius 3 is 2.32 bits per heavy atom. The average Bonchev–Trinajstić information content (AvgIpc) is 2.47. The molecule has 0 aliphatic rings. The van der Waals surface area contributed by atoms with Gasteiger partial charge in [-0.2, -0.15) is 0 Å². The van der Waals surface area contributed by atoms with Crippen LogP contribution in [0.4, 0.5) is 0 Å². The topological polar surface area (TPSA) is 35.5 Å². The normalized spacial score (nSPS) is 10.4. The van der Waals surface area contributed by atoms with Crippen molar-refractivity contribution in [2.24, 2.45) is 0 Å². The Bertz CT molecular complexity index is 684. The van der Waals surface area contributed by atoms with Gasteiger partial charge in [-0.15, -0.1) is 0 Å². The van der Waals surface area contributed by atoms with E-state index in [0.717, 1.165) is 22.3 Å². The molecule has 0 bridgehead atoms. The quantitative estimate of drug-likeness (QED) is 0.612. The molecule has 116 valence electrons. The standard InChI is InChI=1S/C18H19ClO3/c1-11-6-5-7-16(14(11)4)22-17(20)10-21-15-8-12(2)18(19)13(3)9-15/h5-9H,10H2,1-4H3. The Labute approximate surface area is 135 Å². The molecule has 0 saturated carbocycles. The molecule has 0 amide bonds. The molecule has 0 aromatic heterocycles. The van der Waals surface area contributed by atoms with Gasteiger partial charge in [0.25, 0.3) is 0 Å². The first-order valence-corrected chi connectivity index (χ1v) is 7.42. The van der Waals surface area contributed by atoms with Crippen LogP contribution < -0.4 is 9.47 Å². The number of esters is 1. The van der Waals surface area contributed by atoms with Gasteiger partial charge in [0.1, 0.15) is 11.5 Å². The minimum Gasteiger partial charge on any atom is -0.482 e. The molecule has 0 saturated heterocycles. The highest BCUT2D eigenvalue weighted by Gasteiger charge is 2.10. The summed E-state index contributed by atoms with van der Waals surface area (Å²) in [4.78, 5) is 11.9. The van der Waals surface area contributed by atoms with E-state index < -0.39 is 5.97 Å². The maximum absolute atomic E-state index is 11.9. The average molecular weight is 319 g/mol. The van der Waals surface area contributed by atoms with Crippen molar-refractivity contribution in [3.05, 3.63) is 57.6 Å². The third-order valence-electron chi connectivity index (χ3n) is 3.55. The highest BCUT2D eigenvalue weighted by atomic mass is 35.5. The van der Waals surface area contributed by atoms with Gasteiger partial charge in [-0.25, -0.2) is 4.79 Å². The van der Waals surface area contributed by atoms with Crippen LogP contribution in [0.5, 0.6) is 11.5 Å². The van der Waals surface area contributed by atoms with Crippen LogP contribution in [0.15, 0.2) is 30.3 Å². The van der Waals surface area contributed by atoms with Crippen molar-refractivity contribution in [1.29, 1.82) is 0 Å². The highest BCUT2D eigenvalue weighted by Crippen LogP contribution is 2.26. The molecule has 2 aromatic carbocycles. The molecule has 0 unspecified atom stereocenters. The Kier molecular flexibility index (Phi) is 5.09. The number of hydrogen-bond donors (Lipinski definition) is 0. The summed E-state index contributed by atoms with van der Waals surface area (Å²) in [6, 6.07) is 9.22. The van der Waals surface area contributed by atoms with E-state index in [1.165, 1.54) is 0 Å². The van der Waals surface area contributed by atoms with E-state index in [0.29, 0.717) is 16.5 Å². The van der Waals surface area contributed by atoms with Crippen molar-refractivity contribution >= 4 is 17.6 Å². The second-order valence-electron chi connectivity index (χ2n) is 5.33. The Hall–Kier alpha value is -2.00. The van der Waals surface area contributed by atoms with E-state index in [1.54, 1.807) is 18.2 Å². The number of aryl methyl sites for hydroxylation is 3. The molecular weight excluding hydrogens is 300 g/mol. The third kappa shape index (κ3) is 3.80. The highest BCUT2D eigenvalue weighted by molar-refractivity contribution is 6.32. The molecule has 22 heavy (non-hydrogen) atoms. The van der Waals surface area contributed by atoms with E-state index >= 15 is 0 Å². The molecule has 0 aliphatic carbocycles. The summed E-state index contributed by atoms with van der Waals surface area (Å²) in [5, 5.41) is 0.713. The van der Waals surface area contributed by atoms with Crippen molar-refractivity contribution in [2.75, 3.05) is 6.61 Å². The lowest BCUT2D eigenvalue weighted by Crippen LogP contribution is -2.18. The summed E-state index contributed by atoms with van der Waals surface area (Å²) in [6.07, 6.45) is 0. The van der Waals surface area contributed by atoms with Crippen molar-refractivity contribution in [3.63, 3.8) is 0 Å². The number of carbonyl (C=O) groups excluding carboxylic acids is 1. The zero-order valence-electron chi connectivity index (χ0n) is 13.2. The summed E-state index contributed by atoms with van der Waals surface area (Å²) < 4.78 is 10.8. The van der Waals surface area contributed by atoms with Gasteiger partial charge >= 0.3 is 5.97 Å². The number of rotatable bonds is 4. The predicted octanol–water partition coefficient (Wildman–Crippen LogP) is 4.56. The summed E-state index contributed by atoms with van der Waals surface area (Å²) in [6.45, 7) is 7.55. The van der Waals surface area contributed by atoms with E-state index in [9.17, 15) is 4.79 Å². The lowest BCUT2D eigenvalue weighted by atomic mass is 10.1. The molecule has 4 heteroatoms. The van der Waals surface area contributed by atoms with Gasteiger partial charge in [0.2, 0.25) is 0 Å². The van der Waals surface area contributed by atoms with Crippen molar-refractivity contribution in [1.82, 2.24) is 0 Å². The zero-order chi connectivity index (χ0) is 16.3. The fourth-order valence-electron chi connectivity index (χ4n) is 2.12. The van der Waals surface area contributed by atoms with Crippen LogP contribution in [0, 0.1) is 27.7 Å². The molecule has 0 spiro atoms. The van der Waals surface area contributed by atoms with Crippen LogP contribution in [0.25, 0.3) is 0 Å². The fourth-order valence-corrected chi connectivity index (χ4v) is 2.23. The lowest BCUT2D eigenvalue weighted by molar-refractivity contribution is -0.136. The molecule has 0 N–H and O–H groups in total. The fraction of sp³-hybridized carbons (Fsp3) is 0.278. The minimum atomic E-state index is -0.432. The van der Waals surface area contributed by atoms with Crippen LogP contribution >= 0.6 is 11.6 Å². The molecular formula is C18H19ClO3. The molecule has 0 aliphatic heterocycles. The minimum absolute atomic E-state index is 0.145. The second-order valence-corrected chi connectivity index (χ2v) is 5.71. The van der Waals surface area contributed by atoms with Gasteiger partial charge in [-0.1, -0.05) is 23.7 Å². The van der Waals surface area contributed by atoms with Crippen LogP contribution in [0.3, 0.4) is 0 Å². The van der Waals surface area contributed by atoms with E-state index in [2.05, 4.69) is 0 Å². The maximum Gasteiger partial charge on any atom is 0.349 e. The number of carbonyl (C=O) groups is 1. The predicted molar refractivity (Wildman–Crippen MR) is 88.0 cm³/mol. The smallest absolute Gasteiger partial charge is 0.349 e. The monoisotopic (exact) mass is 318 g/mol. The van der Waals surface area contributed by atoms with Crippen molar-refractivity contribution in [2.45, 2.75) is 27.7 Å². The maximum atomic E-state index is 11.9. The summed E-state index contributed by atoms with van der Waals surface area (Å²) >= 11 is 6.10. The number of halogens is 1. The number of ether oxygens (including phenoxy) is 2. The van der Waals surface area contributed by atoms with Crippen LogP contribution in [0.1, 0.15) is 22.3 Å². The van der Waals surface area contributed by atoms with Gasteiger partial charge in [-0.05, 0) is 68.1 Å². The van der Waals surface area contributed by atoms with Crippen molar-refractivity contribution < 1.29 is 14.3 Å². The van der Waals surface area contributed by atoms with Gasteiger partial charge in [0.05, 0.1) is 0 Å².